The van der Waals surface area contributed by atoms with Crippen molar-refractivity contribution in [1.29, 1.82) is 0 Å². The number of fused-ring (bicyclic) bond motifs is 2. The Morgan fingerprint density at radius 1 is 1.08 bits per heavy atom. The monoisotopic (exact) mass is 937 g/mol. The first kappa shape index (κ1) is 46.9. The van der Waals surface area contributed by atoms with E-state index >= 15 is 0 Å². The Kier molecular flexibility index (Phi) is 13.7. The van der Waals surface area contributed by atoms with E-state index in [9.17, 15) is 19.2 Å². The Bertz CT molecular complexity index is 2170. The quantitative estimate of drug-likeness (QED) is 0.101. The fourth-order valence-corrected chi connectivity index (χ4v) is 11.0. The van der Waals surface area contributed by atoms with Crippen LogP contribution in [0.15, 0.2) is 36.2 Å². The van der Waals surface area contributed by atoms with Crippen LogP contribution in [-0.2, 0) is 33.3 Å². The Labute approximate surface area is 390 Å². The van der Waals surface area contributed by atoms with Crippen LogP contribution < -0.4 is 26.0 Å². The van der Waals surface area contributed by atoms with Gasteiger partial charge in [0, 0.05) is 56.1 Å². The topological polar surface area (TPSA) is 182 Å². The average molecular weight is 939 g/mol. The molecule has 3 saturated carbocycles. The fraction of sp³-hybridized carbons (Fsp3) is 0.638. The molecule has 0 spiro atoms. The first-order chi connectivity index (χ1) is 31.0. The highest BCUT2D eigenvalue weighted by Crippen LogP contribution is 2.53. The van der Waals surface area contributed by atoms with Crippen LogP contribution in [0.25, 0.3) is 5.76 Å². The van der Waals surface area contributed by atoms with E-state index in [4.69, 9.17) is 40.3 Å². The minimum atomic E-state index is -1.30. The van der Waals surface area contributed by atoms with Crippen LogP contribution in [0.1, 0.15) is 90.4 Å². The van der Waals surface area contributed by atoms with Gasteiger partial charge < -0.3 is 49.9 Å². The van der Waals surface area contributed by atoms with Gasteiger partial charge in [0.15, 0.2) is 5.13 Å². The summed E-state index contributed by atoms with van der Waals surface area (Å²) in [4.78, 5) is 64.5. The molecule has 0 radical (unpaired) electrons. The third-order valence-electron chi connectivity index (χ3n) is 13.7. The lowest BCUT2D eigenvalue weighted by Gasteiger charge is -2.35. The smallest absolute Gasteiger partial charge is 0.408 e. The van der Waals surface area contributed by atoms with Crippen molar-refractivity contribution < 1.29 is 42.9 Å². The number of aromatic nitrogens is 1. The molecular weight excluding hydrogens is 874 g/mol. The van der Waals surface area contributed by atoms with Crippen molar-refractivity contribution in [2.24, 2.45) is 23.2 Å². The van der Waals surface area contributed by atoms with Crippen LogP contribution in [0.2, 0.25) is 5.02 Å². The second-order valence-corrected chi connectivity index (χ2v) is 21.0. The van der Waals surface area contributed by atoms with E-state index < -0.39 is 59.1 Å². The molecule has 10 atom stereocenters. The van der Waals surface area contributed by atoms with Crippen LogP contribution in [0.4, 0.5) is 15.6 Å². The zero-order valence-corrected chi connectivity index (χ0v) is 40.0. The number of hydrogen-bond acceptors (Lipinski definition) is 14. The van der Waals surface area contributed by atoms with E-state index in [1.54, 1.807) is 13.2 Å². The summed E-state index contributed by atoms with van der Waals surface area (Å²) in [5, 5.41) is 15.9. The van der Waals surface area contributed by atoms with Gasteiger partial charge in [0.1, 0.15) is 53.0 Å². The maximum atomic E-state index is 14.9. The molecule has 65 heavy (non-hydrogen) atoms. The summed E-state index contributed by atoms with van der Waals surface area (Å²) in [6.07, 6.45) is 6.43. The number of esters is 1. The second-order valence-electron chi connectivity index (χ2n) is 19.8. The molecule has 8 rings (SSSR count). The zero-order chi connectivity index (χ0) is 46.4. The third kappa shape index (κ3) is 10.2. The van der Waals surface area contributed by atoms with Gasteiger partial charge in [0.2, 0.25) is 11.8 Å². The van der Waals surface area contributed by atoms with Crippen molar-refractivity contribution in [2.45, 2.75) is 121 Å². The third-order valence-corrected chi connectivity index (χ3v) is 14.8. The number of carbonyl (C=O) groups excluding carboxylic acids is 4. The number of hydrogen-bond donors (Lipinski definition) is 4. The van der Waals surface area contributed by atoms with E-state index in [2.05, 4.69) is 32.7 Å². The van der Waals surface area contributed by atoms with Crippen LogP contribution in [0.5, 0.6) is 5.75 Å². The Hall–Kier alpha value is -4.58. The first-order valence-electron chi connectivity index (χ1n) is 22.9. The number of thiazole rings is 1. The van der Waals surface area contributed by atoms with Crippen LogP contribution in [0, 0.1) is 23.2 Å². The number of rotatable bonds is 17. The molecule has 3 aliphatic heterocycles. The van der Waals surface area contributed by atoms with Gasteiger partial charge in [-0.15, -0.1) is 17.9 Å². The maximum absolute atomic E-state index is 14.9. The molecule has 6 aliphatic rings. The highest BCUT2D eigenvalue weighted by Gasteiger charge is 2.62. The number of halogens is 1. The van der Waals surface area contributed by atoms with Crippen molar-refractivity contribution in [3.63, 3.8) is 0 Å². The van der Waals surface area contributed by atoms with E-state index in [-0.39, 0.29) is 37.1 Å². The minimum absolute atomic E-state index is 0.00159. The van der Waals surface area contributed by atoms with Crippen LogP contribution in [0.3, 0.4) is 0 Å². The highest BCUT2D eigenvalue weighted by atomic mass is 35.5. The van der Waals surface area contributed by atoms with Crippen molar-refractivity contribution in [3.8, 4) is 5.75 Å². The van der Waals surface area contributed by atoms with Gasteiger partial charge in [-0.05, 0) is 81.4 Å². The van der Waals surface area contributed by atoms with Crippen molar-refractivity contribution in [1.82, 2.24) is 25.4 Å². The molecule has 2 aromatic rings. The fourth-order valence-electron chi connectivity index (χ4n) is 9.85. The summed E-state index contributed by atoms with van der Waals surface area (Å²) in [5.74, 6) is 0.260. The number of nitrogens with one attached hydrogen (secondary N) is 4. The Morgan fingerprint density at radius 3 is 2.51 bits per heavy atom. The van der Waals surface area contributed by atoms with E-state index in [0.717, 1.165) is 49.7 Å². The number of methoxy groups -OCH3 is 2. The summed E-state index contributed by atoms with van der Waals surface area (Å²) < 4.78 is 29.6. The molecule has 2 saturated heterocycles. The summed E-state index contributed by atoms with van der Waals surface area (Å²) >= 11 is 8.68. The number of amides is 3. The molecule has 1 aromatic carbocycles. The van der Waals surface area contributed by atoms with Gasteiger partial charge in [-0.25, -0.2) is 14.6 Å². The van der Waals surface area contributed by atoms with Crippen molar-refractivity contribution >= 4 is 63.4 Å². The molecule has 2 unspecified atom stereocenters. The summed E-state index contributed by atoms with van der Waals surface area (Å²) in [7, 11) is 3.01. The number of alkyl carbamates (subject to hydrolysis) is 1. The molecular formula is C47H64ClN7O9S. The van der Waals surface area contributed by atoms with Gasteiger partial charge in [-0.1, -0.05) is 38.4 Å². The Morgan fingerprint density at radius 2 is 1.85 bits per heavy atom. The van der Waals surface area contributed by atoms with E-state index in [1.807, 2.05) is 58.2 Å². The lowest BCUT2D eigenvalue weighted by atomic mass is 9.85. The standard InChI is InChI=1S/C47H64ClN7O9S/c1-9-28-21-47(28,43(58)61-8)53-41(56)35-19-31(23-55(35)42(57)40(46(4,5)6)52-45(59)64-30-17-26-16-27(26)18-30)63-37-20-33(34-24-65-44(51-34)49-25(2)3)50-39-32(37)10-11-36(38(39)48)62-15-14-54-13-12-29(22-54)60-7/h9-11,20,24-31,33,35,40,50H,1,12-19,21-23H2,2-8H3,(H,49,51)(H,52,59)(H,53,56)/t26-,27+,28-,29-,30+,31-,33?,35+,40-,47?/m1/s1. The number of nitrogens with zero attached hydrogens (tertiary/aromatic N) is 3. The predicted molar refractivity (Wildman–Crippen MR) is 248 cm³/mol. The van der Waals surface area contributed by atoms with E-state index in [0.29, 0.717) is 52.6 Å². The van der Waals surface area contributed by atoms with Gasteiger partial charge in [-0.2, -0.15) is 0 Å². The molecule has 4 N–H and O–H groups in total. The largest absolute Gasteiger partial charge is 0.491 e. The Balaban J connectivity index is 1.07. The SMILES string of the molecule is C=C[C@@H]1CC1(NC(=O)[C@@H]1C[C@@H](OC2=CC(c3csc(NC(C)C)n3)Nc3c2ccc(OCCN2CC[C@@H](OC)C2)c3Cl)CN1C(=O)[C@@H](NC(=O)O[C@@H]1C[C@@H]2C[C@@H]2C1)C(C)(C)C)C(=O)OC. The van der Waals surface area contributed by atoms with Gasteiger partial charge in [0.25, 0.3) is 0 Å². The lowest BCUT2D eigenvalue weighted by Crippen LogP contribution is -2.59. The molecule has 3 amide bonds. The molecule has 4 heterocycles. The summed E-state index contributed by atoms with van der Waals surface area (Å²) in [6.45, 7) is 16.4. The normalized spacial score (nSPS) is 29.4. The predicted octanol–water partition coefficient (Wildman–Crippen LogP) is 6.38. The second kappa shape index (κ2) is 19.0. The number of benzene rings is 1. The molecule has 5 fully saturated rings. The minimum Gasteiger partial charge on any atom is -0.491 e. The molecule has 18 heteroatoms. The highest BCUT2D eigenvalue weighted by molar-refractivity contribution is 7.13. The molecule has 3 aliphatic carbocycles. The van der Waals surface area contributed by atoms with Gasteiger partial charge >= 0.3 is 12.1 Å². The van der Waals surface area contributed by atoms with Gasteiger partial charge in [0.05, 0.1) is 37.2 Å². The number of likely N-dealkylation sites (tertiary alicyclic amines) is 2. The van der Waals surface area contributed by atoms with Crippen molar-refractivity contribution in [3.05, 3.63) is 52.5 Å². The van der Waals surface area contributed by atoms with E-state index in [1.165, 1.54) is 29.8 Å². The molecule has 16 nitrogen and oxygen atoms in total. The van der Waals surface area contributed by atoms with Crippen LogP contribution in [-0.4, -0.2) is 128 Å². The maximum Gasteiger partial charge on any atom is 0.408 e. The molecule has 354 valence electrons. The molecule has 1 aromatic heterocycles. The average Bonchev–Trinajstić information content (AvgIpc) is 3.74. The summed E-state index contributed by atoms with van der Waals surface area (Å²) in [5.41, 5.74) is -0.0704. The number of carbonyl (C=O) groups is 4. The van der Waals surface area contributed by atoms with Gasteiger partial charge in [-0.3, -0.25) is 14.5 Å². The first-order valence-corrected chi connectivity index (χ1v) is 24.1. The molecule has 0 bridgehead atoms. The number of ether oxygens (including phenoxy) is 5. The van der Waals surface area contributed by atoms with Crippen molar-refractivity contribution in [2.75, 3.05) is 57.6 Å². The summed E-state index contributed by atoms with van der Waals surface area (Å²) in [6, 6.07) is 1.30. The number of anilines is 2. The zero-order valence-electron chi connectivity index (χ0n) is 38.4. The lowest BCUT2D eigenvalue weighted by molar-refractivity contribution is -0.148. The van der Waals surface area contributed by atoms with Crippen LogP contribution >= 0.6 is 22.9 Å².